The van der Waals surface area contributed by atoms with E-state index < -0.39 is 10.8 Å². The fourth-order valence-electron chi connectivity index (χ4n) is 4.11. The summed E-state index contributed by atoms with van der Waals surface area (Å²) in [5.41, 5.74) is 2.22. The molecule has 1 amide bonds. The molecule has 0 saturated carbocycles. The summed E-state index contributed by atoms with van der Waals surface area (Å²) < 4.78 is 5.38. The van der Waals surface area contributed by atoms with Crippen LogP contribution in [0.2, 0.25) is 0 Å². The Morgan fingerprint density at radius 3 is 2.70 bits per heavy atom. The lowest BCUT2D eigenvalue weighted by atomic mass is 9.96. The standard InChI is InChI=1S/C23H21N5O4S/c24-13-16(22(29)26-23-19(14-25)18-3-1-2-4-21(18)33-23)11-15-12-17(28(30)31)5-6-20(15)27-7-9-32-10-8-27/h5-6,11-12H,1-4,7-10H2,(H,26,29)/b16-11+. The second kappa shape index (κ2) is 9.82. The molecule has 0 radical (unpaired) electrons. The lowest BCUT2D eigenvalue weighted by Crippen LogP contribution is -2.36. The first-order valence-electron chi connectivity index (χ1n) is 10.6. The minimum Gasteiger partial charge on any atom is -0.378 e. The van der Waals surface area contributed by atoms with Crippen LogP contribution in [0.1, 0.15) is 34.4 Å². The van der Waals surface area contributed by atoms with Gasteiger partial charge in [0.05, 0.1) is 23.7 Å². The number of anilines is 2. The maximum Gasteiger partial charge on any atom is 0.270 e. The molecule has 10 heteroatoms. The number of aryl methyl sites for hydroxylation is 1. The Kier molecular flexibility index (Phi) is 6.68. The van der Waals surface area contributed by atoms with Crippen molar-refractivity contribution in [3.8, 4) is 12.1 Å². The molecule has 0 atom stereocenters. The van der Waals surface area contributed by atoms with Crippen molar-refractivity contribution in [3.63, 3.8) is 0 Å². The Morgan fingerprint density at radius 2 is 2.00 bits per heavy atom. The minimum absolute atomic E-state index is 0.131. The van der Waals surface area contributed by atoms with E-state index in [1.54, 1.807) is 6.07 Å². The maximum atomic E-state index is 13.0. The fraction of sp³-hybridized carbons (Fsp3) is 0.348. The van der Waals surface area contributed by atoms with Crippen LogP contribution in [-0.4, -0.2) is 37.1 Å². The normalized spacial score (nSPS) is 15.8. The maximum absolute atomic E-state index is 13.0. The van der Waals surface area contributed by atoms with Crippen molar-refractivity contribution in [2.75, 3.05) is 36.5 Å². The van der Waals surface area contributed by atoms with E-state index in [0.29, 0.717) is 48.1 Å². The Balaban J connectivity index is 1.67. The summed E-state index contributed by atoms with van der Waals surface area (Å²) >= 11 is 1.38. The molecule has 1 N–H and O–H groups in total. The van der Waals surface area contributed by atoms with Gasteiger partial charge in [0.15, 0.2) is 0 Å². The van der Waals surface area contributed by atoms with Gasteiger partial charge in [0.25, 0.3) is 11.6 Å². The average Bonchev–Trinajstić information content (AvgIpc) is 3.19. The molecule has 1 aromatic carbocycles. The van der Waals surface area contributed by atoms with Crippen LogP contribution in [0, 0.1) is 32.8 Å². The molecule has 33 heavy (non-hydrogen) atoms. The highest BCUT2D eigenvalue weighted by Gasteiger charge is 2.23. The van der Waals surface area contributed by atoms with Gasteiger partial charge in [0.2, 0.25) is 0 Å². The van der Waals surface area contributed by atoms with E-state index >= 15 is 0 Å². The summed E-state index contributed by atoms with van der Waals surface area (Å²) in [4.78, 5) is 26.9. The second-order valence-corrected chi connectivity index (χ2v) is 8.86. The molecule has 1 fully saturated rings. The van der Waals surface area contributed by atoms with Crippen molar-refractivity contribution in [1.29, 1.82) is 10.5 Å². The molecule has 2 aromatic rings. The summed E-state index contributed by atoms with van der Waals surface area (Å²) in [6.07, 6.45) is 5.11. The van der Waals surface area contributed by atoms with Gasteiger partial charge in [0.1, 0.15) is 22.7 Å². The Morgan fingerprint density at radius 1 is 1.24 bits per heavy atom. The van der Waals surface area contributed by atoms with Crippen LogP contribution < -0.4 is 10.2 Å². The number of morpholine rings is 1. The van der Waals surface area contributed by atoms with E-state index in [1.807, 2.05) is 11.0 Å². The number of non-ortho nitro benzene ring substituents is 1. The highest BCUT2D eigenvalue weighted by Crippen LogP contribution is 2.38. The smallest absolute Gasteiger partial charge is 0.270 e. The number of carbonyl (C=O) groups excluding carboxylic acids is 1. The molecule has 4 rings (SSSR count). The highest BCUT2D eigenvalue weighted by atomic mass is 32.1. The van der Waals surface area contributed by atoms with Crippen molar-refractivity contribution < 1.29 is 14.5 Å². The van der Waals surface area contributed by atoms with Gasteiger partial charge >= 0.3 is 0 Å². The molecule has 0 spiro atoms. The fourth-order valence-corrected chi connectivity index (χ4v) is 5.34. The predicted octanol–water partition coefficient (Wildman–Crippen LogP) is 3.79. The minimum atomic E-state index is -0.646. The van der Waals surface area contributed by atoms with Gasteiger partial charge in [-0.05, 0) is 43.4 Å². The van der Waals surface area contributed by atoms with E-state index in [9.17, 15) is 25.4 Å². The molecule has 1 saturated heterocycles. The van der Waals surface area contributed by atoms with Crippen molar-refractivity contribution in [2.24, 2.45) is 0 Å². The molecule has 168 valence electrons. The molecule has 0 unspecified atom stereocenters. The molecule has 2 aliphatic rings. The van der Waals surface area contributed by atoms with E-state index in [-0.39, 0.29) is 11.3 Å². The SMILES string of the molecule is N#C/C(=C\c1cc([N+](=O)[O-])ccc1N1CCOCC1)C(=O)Nc1sc2c(c1C#N)CCCC2. The zero-order valence-electron chi connectivity index (χ0n) is 17.8. The second-order valence-electron chi connectivity index (χ2n) is 7.75. The van der Waals surface area contributed by atoms with E-state index in [1.165, 1.54) is 29.5 Å². The zero-order chi connectivity index (χ0) is 23.4. The van der Waals surface area contributed by atoms with Gasteiger partial charge in [-0.25, -0.2) is 0 Å². The lowest BCUT2D eigenvalue weighted by molar-refractivity contribution is -0.384. The van der Waals surface area contributed by atoms with Crippen LogP contribution in [0.25, 0.3) is 6.08 Å². The molecule has 1 aromatic heterocycles. The van der Waals surface area contributed by atoms with E-state index in [0.717, 1.165) is 36.1 Å². The van der Waals surface area contributed by atoms with Crippen molar-refractivity contribution >= 4 is 39.7 Å². The van der Waals surface area contributed by atoms with Crippen LogP contribution in [-0.2, 0) is 22.4 Å². The summed E-state index contributed by atoms with van der Waals surface area (Å²) in [6.45, 7) is 2.23. The third kappa shape index (κ3) is 4.72. The summed E-state index contributed by atoms with van der Waals surface area (Å²) in [5.74, 6) is -0.646. The van der Waals surface area contributed by atoms with Crippen LogP contribution in [0.4, 0.5) is 16.4 Å². The van der Waals surface area contributed by atoms with Crippen LogP contribution in [0.3, 0.4) is 0 Å². The van der Waals surface area contributed by atoms with Crippen molar-refractivity contribution in [1.82, 2.24) is 0 Å². The number of thiophene rings is 1. The van der Waals surface area contributed by atoms with Gasteiger partial charge in [-0.2, -0.15) is 10.5 Å². The van der Waals surface area contributed by atoms with E-state index in [4.69, 9.17) is 4.74 Å². The number of nitro benzene ring substituents is 1. The largest absolute Gasteiger partial charge is 0.378 e. The summed E-state index contributed by atoms with van der Waals surface area (Å²) in [5, 5.41) is 33.8. The van der Waals surface area contributed by atoms with Crippen LogP contribution in [0.15, 0.2) is 23.8 Å². The first kappa shape index (κ1) is 22.5. The number of amides is 1. The van der Waals surface area contributed by atoms with Crippen LogP contribution >= 0.6 is 11.3 Å². The topological polar surface area (TPSA) is 132 Å². The third-order valence-corrected chi connectivity index (χ3v) is 6.96. The first-order chi connectivity index (χ1) is 16.0. The quantitative estimate of drug-likeness (QED) is 0.309. The molecule has 0 bridgehead atoms. The number of fused-ring (bicyclic) bond motifs is 1. The molecule has 1 aliphatic carbocycles. The molecule has 1 aliphatic heterocycles. The Bertz CT molecular complexity index is 1210. The Labute approximate surface area is 194 Å². The van der Waals surface area contributed by atoms with Gasteiger partial charge in [-0.15, -0.1) is 11.3 Å². The van der Waals surface area contributed by atoms with Gasteiger partial charge in [-0.3, -0.25) is 14.9 Å². The number of nitrogens with one attached hydrogen (secondary N) is 1. The number of nitro groups is 1. The summed E-state index contributed by atoms with van der Waals surface area (Å²) in [7, 11) is 0. The third-order valence-electron chi connectivity index (χ3n) is 5.75. The predicted molar refractivity (Wildman–Crippen MR) is 124 cm³/mol. The number of ether oxygens (including phenoxy) is 1. The number of hydrogen-bond acceptors (Lipinski definition) is 8. The highest BCUT2D eigenvalue weighted by molar-refractivity contribution is 7.16. The van der Waals surface area contributed by atoms with E-state index in [2.05, 4.69) is 11.4 Å². The molecular weight excluding hydrogens is 442 g/mol. The molecular formula is C23H21N5O4S. The zero-order valence-corrected chi connectivity index (χ0v) is 18.6. The summed E-state index contributed by atoms with van der Waals surface area (Å²) in [6, 6.07) is 8.49. The van der Waals surface area contributed by atoms with Crippen molar-refractivity contribution in [2.45, 2.75) is 25.7 Å². The number of carbonyl (C=O) groups is 1. The van der Waals surface area contributed by atoms with Crippen LogP contribution in [0.5, 0.6) is 0 Å². The average molecular weight is 464 g/mol. The number of hydrogen-bond donors (Lipinski definition) is 1. The number of nitriles is 2. The first-order valence-corrected chi connectivity index (χ1v) is 11.4. The van der Waals surface area contributed by atoms with Gasteiger partial charge in [-0.1, -0.05) is 0 Å². The van der Waals surface area contributed by atoms with Gasteiger partial charge in [0, 0.05) is 41.4 Å². The van der Waals surface area contributed by atoms with Gasteiger partial charge < -0.3 is 15.0 Å². The molecule has 9 nitrogen and oxygen atoms in total. The van der Waals surface area contributed by atoms with Crippen molar-refractivity contribution in [3.05, 3.63) is 55.5 Å². The lowest BCUT2D eigenvalue weighted by Gasteiger charge is -2.30. The number of nitrogens with zero attached hydrogens (tertiary/aromatic N) is 4. The Hall–Kier alpha value is -3.73. The monoisotopic (exact) mass is 463 g/mol. The number of benzene rings is 1. The molecule has 2 heterocycles. The number of rotatable bonds is 5.